The number of benzene rings is 3. The van der Waals surface area contributed by atoms with Gasteiger partial charge in [0.25, 0.3) is 11.6 Å². The van der Waals surface area contributed by atoms with Crippen molar-refractivity contribution in [1.29, 1.82) is 0 Å². The molecule has 0 unspecified atom stereocenters. The third-order valence-electron chi connectivity index (χ3n) is 5.37. The number of nitro groups is 1. The van der Waals surface area contributed by atoms with Crippen molar-refractivity contribution < 1.29 is 28.0 Å². The monoisotopic (exact) mass is 508 g/mol. The summed E-state index contributed by atoms with van der Waals surface area (Å²) in [6, 6.07) is 19.0. The fraction of sp³-hybridized carbons (Fsp3) is 0.0833. The van der Waals surface area contributed by atoms with Crippen LogP contribution in [0.15, 0.2) is 72.8 Å². The summed E-state index contributed by atoms with van der Waals surface area (Å²) in [4.78, 5) is 34.9. The minimum Gasteiger partial charge on any atom is -0.480 e. The molecule has 0 atom stereocenters. The van der Waals surface area contributed by atoms with Crippen LogP contribution in [-0.4, -0.2) is 43.1 Å². The van der Waals surface area contributed by atoms with E-state index in [0.717, 1.165) is 10.6 Å². The SMILES string of the molecule is CS(=O)(=O)N(CC(=O)O)c1ccc(NC(=C2C(=O)Nc3ccc([N+](=O)[O-])cc32)c2ccccc2)cc1. The molecule has 3 aromatic carbocycles. The number of hydrogen-bond donors (Lipinski definition) is 3. The molecule has 0 fully saturated rings. The van der Waals surface area contributed by atoms with E-state index in [4.69, 9.17) is 5.11 Å². The van der Waals surface area contributed by atoms with Crippen molar-refractivity contribution in [2.24, 2.45) is 0 Å². The van der Waals surface area contributed by atoms with E-state index in [9.17, 15) is 28.1 Å². The quantitative estimate of drug-likeness (QED) is 0.237. The highest BCUT2D eigenvalue weighted by atomic mass is 32.2. The van der Waals surface area contributed by atoms with E-state index < -0.39 is 33.4 Å². The van der Waals surface area contributed by atoms with Crippen LogP contribution in [0.2, 0.25) is 0 Å². The maximum atomic E-state index is 13.0. The molecule has 1 aliphatic rings. The molecule has 12 heteroatoms. The molecule has 0 saturated carbocycles. The van der Waals surface area contributed by atoms with E-state index >= 15 is 0 Å². The number of nitrogens with zero attached hydrogens (tertiary/aromatic N) is 2. The van der Waals surface area contributed by atoms with Gasteiger partial charge in [-0.25, -0.2) is 8.42 Å². The van der Waals surface area contributed by atoms with Gasteiger partial charge in [0.1, 0.15) is 6.54 Å². The second-order valence-corrected chi connectivity index (χ2v) is 9.80. The number of sulfonamides is 1. The van der Waals surface area contributed by atoms with Crippen LogP contribution in [0.4, 0.5) is 22.7 Å². The first-order valence-corrected chi connectivity index (χ1v) is 12.4. The van der Waals surface area contributed by atoms with Crippen LogP contribution in [0, 0.1) is 10.1 Å². The summed E-state index contributed by atoms with van der Waals surface area (Å²) in [7, 11) is -3.84. The summed E-state index contributed by atoms with van der Waals surface area (Å²) in [5, 5.41) is 26.3. The number of fused-ring (bicyclic) bond motifs is 1. The zero-order valence-electron chi connectivity index (χ0n) is 18.8. The van der Waals surface area contributed by atoms with E-state index in [1.54, 1.807) is 42.5 Å². The van der Waals surface area contributed by atoms with Gasteiger partial charge in [0, 0.05) is 29.1 Å². The fourth-order valence-corrected chi connectivity index (χ4v) is 4.63. The standard InChI is InChI=1S/C24H20N4O7S/c1-36(34,35)27(14-21(29)30)17-9-7-16(8-10-17)25-23(15-5-3-2-4-6-15)22-19-13-18(28(32)33)11-12-20(19)26-24(22)31/h2-13,25H,14H2,1H3,(H,26,31)(H,29,30). The molecule has 11 nitrogen and oxygen atoms in total. The second-order valence-electron chi connectivity index (χ2n) is 7.89. The Hall–Kier alpha value is -4.71. The highest BCUT2D eigenvalue weighted by Gasteiger charge is 2.30. The topological polar surface area (TPSA) is 159 Å². The molecular formula is C24H20N4O7S. The molecule has 0 radical (unpaired) electrons. The van der Waals surface area contributed by atoms with Crippen LogP contribution < -0.4 is 14.9 Å². The number of carbonyl (C=O) groups excluding carboxylic acids is 1. The number of non-ortho nitro benzene ring substituents is 1. The van der Waals surface area contributed by atoms with Gasteiger partial charge in [-0.05, 0) is 35.9 Å². The van der Waals surface area contributed by atoms with Crippen molar-refractivity contribution in [3.63, 3.8) is 0 Å². The molecule has 36 heavy (non-hydrogen) atoms. The first-order chi connectivity index (χ1) is 17.0. The molecule has 0 saturated heterocycles. The van der Waals surface area contributed by atoms with Gasteiger partial charge in [-0.2, -0.15) is 0 Å². The number of anilines is 3. The molecule has 184 valence electrons. The normalized spacial score (nSPS) is 14.0. The summed E-state index contributed by atoms with van der Waals surface area (Å²) >= 11 is 0. The molecule has 3 N–H and O–H groups in total. The van der Waals surface area contributed by atoms with Crippen molar-refractivity contribution in [1.82, 2.24) is 0 Å². The Morgan fingerprint density at radius 1 is 1.08 bits per heavy atom. The fourth-order valence-electron chi connectivity index (χ4n) is 3.78. The van der Waals surface area contributed by atoms with Crippen LogP contribution in [0.3, 0.4) is 0 Å². The van der Waals surface area contributed by atoms with Crippen molar-refractivity contribution in [2.75, 3.05) is 27.7 Å². The van der Waals surface area contributed by atoms with E-state index in [-0.39, 0.29) is 16.9 Å². The molecule has 0 bridgehead atoms. The second kappa shape index (κ2) is 9.50. The molecule has 1 aliphatic heterocycles. The van der Waals surface area contributed by atoms with Gasteiger partial charge < -0.3 is 15.7 Å². The largest absolute Gasteiger partial charge is 0.480 e. The predicted octanol–water partition coefficient (Wildman–Crippen LogP) is 3.38. The number of nitrogens with one attached hydrogen (secondary N) is 2. The molecule has 1 heterocycles. The minimum absolute atomic E-state index is 0.152. The van der Waals surface area contributed by atoms with Crippen LogP contribution >= 0.6 is 0 Å². The van der Waals surface area contributed by atoms with Crippen LogP contribution in [-0.2, 0) is 19.6 Å². The lowest BCUT2D eigenvalue weighted by Crippen LogP contribution is -2.34. The first-order valence-electron chi connectivity index (χ1n) is 10.5. The first kappa shape index (κ1) is 24.4. The van der Waals surface area contributed by atoms with Gasteiger partial charge in [-0.1, -0.05) is 30.3 Å². The van der Waals surface area contributed by atoms with Gasteiger partial charge in [0.2, 0.25) is 10.0 Å². The van der Waals surface area contributed by atoms with E-state index in [1.165, 1.54) is 30.3 Å². The van der Waals surface area contributed by atoms with Gasteiger partial charge in [0.15, 0.2) is 0 Å². The number of amides is 1. The summed E-state index contributed by atoms with van der Waals surface area (Å²) in [6.45, 7) is -0.735. The van der Waals surface area contributed by atoms with Crippen molar-refractivity contribution in [2.45, 2.75) is 0 Å². The van der Waals surface area contributed by atoms with Gasteiger partial charge in [-0.3, -0.25) is 24.0 Å². The number of rotatable bonds is 8. The number of hydrogen-bond acceptors (Lipinski definition) is 7. The van der Waals surface area contributed by atoms with Crippen LogP contribution in [0.5, 0.6) is 0 Å². The highest BCUT2D eigenvalue weighted by molar-refractivity contribution is 7.92. The Morgan fingerprint density at radius 3 is 2.33 bits per heavy atom. The Labute approximate surface area is 205 Å². The van der Waals surface area contributed by atoms with Gasteiger partial charge in [0.05, 0.1) is 28.1 Å². The number of carboxylic acid groups (broad SMARTS) is 1. The maximum absolute atomic E-state index is 13.0. The zero-order valence-corrected chi connectivity index (χ0v) is 19.7. The number of carbonyl (C=O) groups is 2. The predicted molar refractivity (Wildman–Crippen MR) is 135 cm³/mol. The molecule has 0 spiro atoms. The van der Waals surface area contributed by atoms with Gasteiger partial charge in [-0.15, -0.1) is 0 Å². The van der Waals surface area contributed by atoms with E-state index in [1.807, 2.05) is 0 Å². The molecular weight excluding hydrogens is 488 g/mol. The molecule has 3 aromatic rings. The number of nitro benzene ring substituents is 1. The lowest BCUT2D eigenvalue weighted by Gasteiger charge is -2.21. The van der Waals surface area contributed by atoms with Crippen molar-refractivity contribution >= 4 is 55.9 Å². The smallest absolute Gasteiger partial charge is 0.324 e. The summed E-state index contributed by atoms with van der Waals surface area (Å²) in [5.41, 5.74) is 2.47. The molecule has 0 aliphatic carbocycles. The average Bonchev–Trinajstić information content (AvgIpc) is 3.16. The maximum Gasteiger partial charge on any atom is 0.324 e. The van der Waals surface area contributed by atoms with E-state index in [0.29, 0.717) is 28.2 Å². The molecule has 1 amide bonds. The Balaban J connectivity index is 1.79. The summed E-state index contributed by atoms with van der Waals surface area (Å²) in [5.74, 6) is -1.75. The summed E-state index contributed by atoms with van der Waals surface area (Å²) < 4.78 is 24.9. The highest BCUT2D eigenvalue weighted by Crippen LogP contribution is 2.39. The third-order valence-corrected chi connectivity index (χ3v) is 6.52. The van der Waals surface area contributed by atoms with E-state index in [2.05, 4.69) is 10.6 Å². The Morgan fingerprint density at radius 2 is 1.75 bits per heavy atom. The van der Waals surface area contributed by atoms with Gasteiger partial charge >= 0.3 is 5.97 Å². The van der Waals surface area contributed by atoms with Crippen molar-refractivity contribution in [3.8, 4) is 0 Å². The summed E-state index contributed by atoms with van der Waals surface area (Å²) in [6.07, 6.45) is 0.912. The van der Waals surface area contributed by atoms with Crippen LogP contribution in [0.25, 0.3) is 11.3 Å². The molecule has 4 rings (SSSR count). The minimum atomic E-state index is -3.84. The zero-order chi connectivity index (χ0) is 26.0. The number of carboxylic acids is 1. The Bertz CT molecular complexity index is 1500. The average molecular weight is 509 g/mol. The lowest BCUT2D eigenvalue weighted by atomic mass is 9.99. The Kier molecular flexibility index (Phi) is 6.45. The third kappa shape index (κ3) is 5.03. The number of aliphatic carboxylic acids is 1. The van der Waals surface area contributed by atoms with Crippen LogP contribution in [0.1, 0.15) is 11.1 Å². The lowest BCUT2D eigenvalue weighted by molar-refractivity contribution is -0.384. The van der Waals surface area contributed by atoms with Crippen molar-refractivity contribution in [3.05, 3.63) is 94.0 Å². The molecule has 0 aromatic heterocycles.